The lowest BCUT2D eigenvalue weighted by Gasteiger charge is -2.15. The van der Waals surface area contributed by atoms with Crippen molar-refractivity contribution in [2.75, 3.05) is 33.4 Å². The lowest BCUT2D eigenvalue weighted by Crippen LogP contribution is -2.42. The fourth-order valence-electron chi connectivity index (χ4n) is 2.01. The molecule has 1 aliphatic heterocycles. The van der Waals surface area contributed by atoms with E-state index in [1.165, 1.54) is 0 Å². The maximum Gasteiger partial charge on any atom is 0.191 e. The Balaban J connectivity index is 1.59. The quantitative estimate of drug-likeness (QED) is 0.458. The van der Waals surface area contributed by atoms with Gasteiger partial charge in [-0.15, -0.1) is 0 Å². The van der Waals surface area contributed by atoms with Gasteiger partial charge in [0.15, 0.2) is 5.96 Å². The van der Waals surface area contributed by atoms with E-state index in [1.54, 1.807) is 19.4 Å². The lowest BCUT2D eigenvalue weighted by atomic mass is 10.2. The largest absolute Gasteiger partial charge is 0.490 e. The fraction of sp³-hybridized carbons (Fsp3) is 0.571. The van der Waals surface area contributed by atoms with Gasteiger partial charge in [0.1, 0.15) is 12.4 Å². The van der Waals surface area contributed by atoms with Crippen LogP contribution in [0, 0.1) is 0 Å². The molecular formula is C14H22N4O2. The van der Waals surface area contributed by atoms with E-state index in [-0.39, 0.29) is 0 Å². The Kier molecular flexibility index (Phi) is 6.10. The molecule has 2 N–H and O–H groups in total. The van der Waals surface area contributed by atoms with Crippen molar-refractivity contribution in [1.29, 1.82) is 0 Å². The molecule has 6 nitrogen and oxygen atoms in total. The average molecular weight is 278 g/mol. The number of guanidine groups is 1. The molecule has 20 heavy (non-hydrogen) atoms. The number of ether oxygens (including phenoxy) is 2. The third-order valence-corrected chi connectivity index (χ3v) is 3.04. The van der Waals surface area contributed by atoms with Gasteiger partial charge in [-0.3, -0.25) is 9.98 Å². The van der Waals surface area contributed by atoms with Crippen molar-refractivity contribution >= 4 is 5.96 Å². The summed E-state index contributed by atoms with van der Waals surface area (Å²) in [7, 11) is 1.76. The highest BCUT2D eigenvalue weighted by Gasteiger charge is 2.15. The highest BCUT2D eigenvalue weighted by molar-refractivity contribution is 5.79. The number of pyridine rings is 1. The van der Waals surface area contributed by atoms with Crippen LogP contribution in [0.4, 0.5) is 0 Å². The molecule has 0 aromatic carbocycles. The standard InChI is InChI=1S/C14H22N4O2/c1-15-14(18-11-13-5-3-8-19-13)17-7-9-20-12-4-2-6-16-10-12/h2,4,6,10,13H,3,5,7-9,11H2,1H3,(H2,15,17,18). The van der Waals surface area contributed by atoms with Gasteiger partial charge in [0, 0.05) is 26.4 Å². The van der Waals surface area contributed by atoms with Gasteiger partial charge >= 0.3 is 0 Å². The molecule has 0 radical (unpaired) electrons. The van der Waals surface area contributed by atoms with Gasteiger partial charge in [-0.2, -0.15) is 0 Å². The summed E-state index contributed by atoms with van der Waals surface area (Å²) in [5.41, 5.74) is 0. The number of hydrogen-bond acceptors (Lipinski definition) is 4. The van der Waals surface area contributed by atoms with Crippen molar-refractivity contribution < 1.29 is 9.47 Å². The van der Waals surface area contributed by atoms with Gasteiger partial charge in [-0.05, 0) is 25.0 Å². The Bertz CT molecular complexity index is 405. The molecule has 1 atom stereocenters. The summed E-state index contributed by atoms with van der Waals surface area (Å²) in [5.74, 6) is 1.55. The van der Waals surface area contributed by atoms with Crippen molar-refractivity contribution in [2.45, 2.75) is 18.9 Å². The minimum absolute atomic E-state index is 0.306. The highest BCUT2D eigenvalue weighted by Crippen LogP contribution is 2.10. The summed E-state index contributed by atoms with van der Waals surface area (Å²) >= 11 is 0. The topological polar surface area (TPSA) is 67.8 Å². The smallest absolute Gasteiger partial charge is 0.191 e. The number of aromatic nitrogens is 1. The maximum absolute atomic E-state index is 5.55. The molecule has 0 saturated carbocycles. The molecule has 110 valence electrons. The minimum atomic E-state index is 0.306. The van der Waals surface area contributed by atoms with Gasteiger partial charge in [0.2, 0.25) is 0 Å². The van der Waals surface area contributed by atoms with E-state index in [9.17, 15) is 0 Å². The number of aliphatic imine (C=N–C) groups is 1. The Morgan fingerprint density at radius 3 is 3.20 bits per heavy atom. The predicted octanol–water partition coefficient (Wildman–Crippen LogP) is 0.804. The monoisotopic (exact) mass is 278 g/mol. The summed E-state index contributed by atoms with van der Waals surface area (Å²) in [6, 6.07) is 3.74. The molecule has 6 heteroatoms. The van der Waals surface area contributed by atoms with Crippen molar-refractivity contribution in [3.63, 3.8) is 0 Å². The first kappa shape index (κ1) is 14.6. The Hall–Kier alpha value is -1.82. The first-order valence-electron chi connectivity index (χ1n) is 6.97. The lowest BCUT2D eigenvalue weighted by molar-refractivity contribution is 0.114. The fourth-order valence-corrected chi connectivity index (χ4v) is 2.01. The molecular weight excluding hydrogens is 256 g/mol. The zero-order chi connectivity index (χ0) is 14.0. The van der Waals surface area contributed by atoms with Gasteiger partial charge < -0.3 is 20.1 Å². The number of nitrogens with zero attached hydrogens (tertiary/aromatic N) is 2. The molecule has 0 spiro atoms. The summed E-state index contributed by atoms with van der Waals surface area (Å²) in [4.78, 5) is 8.16. The van der Waals surface area contributed by atoms with E-state index < -0.39 is 0 Å². The maximum atomic E-state index is 5.55. The van der Waals surface area contributed by atoms with Crippen molar-refractivity contribution in [1.82, 2.24) is 15.6 Å². The number of hydrogen-bond donors (Lipinski definition) is 2. The second kappa shape index (κ2) is 8.37. The van der Waals surface area contributed by atoms with Crippen molar-refractivity contribution in [3.05, 3.63) is 24.5 Å². The molecule has 0 bridgehead atoms. The van der Waals surface area contributed by atoms with E-state index in [0.717, 1.165) is 37.7 Å². The highest BCUT2D eigenvalue weighted by atomic mass is 16.5. The van der Waals surface area contributed by atoms with E-state index in [2.05, 4.69) is 20.6 Å². The first-order valence-corrected chi connectivity index (χ1v) is 6.97. The number of rotatable bonds is 6. The van der Waals surface area contributed by atoms with E-state index >= 15 is 0 Å². The molecule has 1 aliphatic rings. The molecule has 1 aromatic heterocycles. The van der Waals surface area contributed by atoms with Crippen LogP contribution in [0.1, 0.15) is 12.8 Å². The van der Waals surface area contributed by atoms with Crippen LogP contribution in [-0.2, 0) is 4.74 Å². The molecule has 0 amide bonds. The predicted molar refractivity (Wildman–Crippen MR) is 78.1 cm³/mol. The van der Waals surface area contributed by atoms with Gasteiger partial charge in [-0.25, -0.2) is 0 Å². The Morgan fingerprint density at radius 1 is 1.55 bits per heavy atom. The van der Waals surface area contributed by atoms with E-state index in [1.807, 2.05) is 12.1 Å². The van der Waals surface area contributed by atoms with Gasteiger partial charge in [0.05, 0.1) is 18.8 Å². The zero-order valence-electron chi connectivity index (χ0n) is 11.8. The molecule has 1 unspecified atom stereocenters. The average Bonchev–Trinajstić information content (AvgIpc) is 3.01. The second-order valence-electron chi connectivity index (χ2n) is 4.55. The molecule has 2 rings (SSSR count). The zero-order valence-corrected chi connectivity index (χ0v) is 11.8. The molecule has 1 aromatic rings. The van der Waals surface area contributed by atoms with Crippen LogP contribution in [0.25, 0.3) is 0 Å². The molecule has 2 heterocycles. The second-order valence-corrected chi connectivity index (χ2v) is 4.55. The van der Waals surface area contributed by atoms with E-state index in [0.29, 0.717) is 19.3 Å². The summed E-state index contributed by atoms with van der Waals surface area (Å²) in [6.45, 7) is 2.91. The van der Waals surface area contributed by atoms with Gasteiger partial charge in [0.25, 0.3) is 0 Å². The van der Waals surface area contributed by atoms with E-state index in [4.69, 9.17) is 9.47 Å². The normalized spacial score (nSPS) is 18.9. The van der Waals surface area contributed by atoms with Gasteiger partial charge in [-0.1, -0.05) is 0 Å². The van der Waals surface area contributed by atoms with Crippen molar-refractivity contribution in [2.24, 2.45) is 4.99 Å². The Labute approximate surface area is 119 Å². The molecule has 1 saturated heterocycles. The van der Waals surface area contributed by atoms with Crippen LogP contribution in [-0.4, -0.2) is 50.4 Å². The van der Waals surface area contributed by atoms with Crippen molar-refractivity contribution in [3.8, 4) is 5.75 Å². The number of nitrogens with one attached hydrogen (secondary N) is 2. The summed E-state index contributed by atoms with van der Waals surface area (Å²) in [5, 5.41) is 6.46. The molecule has 1 fully saturated rings. The SMILES string of the molecule is CN=C(NCCOc1cccnc1)NCC1CCCO1. The first-order chi connectivity index (χ1) is 9.88. The van der Waals surface area contributed by atoms with Crippen LogP contribution in [0.2, 0.25) is 0 Å². The van der Waals surface area contributed by atoms with Crippen LogP contribution < -0.4 is 15.4 Å². The van der Waals surface area contributed by atoms with Crippen LogP contribution in [0.15, 0.2) is 29.5 Å². The van der Waals surface area contributed by atoms with Crippen LogP contribution in [0.5, 0.6) is 5.75 Å². The van der Waals surface area contributed by atoms with Crippen LogP contribution in [0.3, 0.4) is 0 Å². The third kappa shape index (κ3) is 5.05. The van der Waals surface area contributed by atoms with Crippen LogP contribution >= 0.6 is 0 Å². The third-order valence-electron chi connectivity index (χ3n) is 3.04. The Morgan fingerprint density at radius 2 is 2.50 bits per heavy atom. The minimum Gasteiger partial charge on any atom is -0.490 e. The summed E-state index contributed by atoms with van der Waals surface area (Å²) in [6.07, 6.45) is 6.00. The molecule has 0 aliphatic carbocycles. The summed E-state index contributed by atoms with van der Waals surface area (Å²) < 4.78 is 11.1.